The molecule has 0 amide bonds. The van der Waals surface area contributed by atoms with Gasteiger partial charge in [-0.15, -0.1) is 0 Å². The van der Waals surface area contributed by atoms with E-state index in [1.54, 1.807) is 6.92 Å². The molecule has 70 valence electrons. The molecule has 0 heterocycles. The molecule has 0 saturated heterocycles. The standard InChI is InChI=1S/C9H7BrClFO/c1-5-2-7(11)8(12)3-6(5)9(13)4-10/h2-3H,4H2,1H3. The lowest BCUT2D eigenvalue weighted by Gasteiger charge is -2.03. The van der Waals surface area contributed by atoms with Crippen molar-refractivity contribution in [3.63, 3.8) is 0 Å². The molecule has 13 heavy (non-hydrogen) atoms. The van der Waals surface area contributed by atoms with Crippen molar-refractivity contribution in [2.45, 2.75) is 6.92 Å². The Hall–Kier alpha value is -0.410. The first-order chi connectivity index (χ1) is 6.06. The minimum absolute atomic E-state index is 0.0450. The lowest BCUT2D eigenvalue weighted by Crippen LogP contribution is -2.03. The van der Waals surface area contributed by atoms with Gasteiger partial charge in [0.15, 0.2) is 5.78 Å². The second-order valence-corrected chi connectivity index (χ2v) is 3.61. The van der Waals surface area contributed by atoms with Crippen molar-refractivity contribution in [3.8, 4) is 0 Å². The van der Waals surface area contributed by atoms with Crippen LogP contribution in [0.25, 0.3) is 0 Å². The quantitative estimate of drug-likeness (QED) is 0.592. The van der Waals surface area contributed by atoms with Gasteiger partial charge in [-0.25, -0.2) is 4.39 Å². The van der Waals surface area contributed by atoms with E-state index >= 15 is 0 Å². The Labute approximate surface area is 89.0 Å². The first-order valence-corrected chi connectivity index (χ1v) is 5.11. The van der Waals surface area contributed by atoms with E-state index in [9.17, 15) is 9.18 Å². The predicted octanol–water partition coefficient (Wildman–Crippen LogP) is 3.37. The molecule has 0 N–H and O–H groups in total. The van der Waals surface area contributed by atoms with Gasteiger partial charge in [0.25, 0.3) is 0 Å². The molecule has 0 bridgehead atoms. The van der Waals surface area contributed by atoms with Crippen LogP contribution in [-0.4, -0.2) is 11.1 Å². The number of ketones is 1. The maximum absolute atomic E-state index is 13.0. The van der Waals surface area contributed by atoms with E-state index in [1.165, 1.54) is 12.1 Å². The fraction of sp³-hybridized carbons (Fsp3) is 0.222. The molecule has 1 nitrogen and oxygen atoms in total. The molecule has 1 aromatic rings. The highest BCUT2D eigenvalue weighted by atomic mass is 79.9. The number of carbonyl (C=O) groups excluding carboxylic acids is 1. The zero-order valence-electron chi connectivity index (χ0n) is 6.90. The second-order valence-electron chi connectivity index (χ2n) is 2.64. The van der Waals surface area contributed by atoms with Gasteiger partial charge in [-0.2, -0.15) is 0 Å². The average Bonchev–Trinajstić information content (AvgIpc) is 2.10. The van der Waals surface area contributed by atoms with Gasteiger partial charge in [-0.05, 0) is 24.6 Å². The minimum atomic E-state index is -0.559. The van der Waals surface area contributed by atoms with Crippen LogP contribution in [0.3, 0.4) is 0 Å². The number of aryl methyl sites for hydroxylation is 1. The molecular weight excluding hydrogens is 258 g/mol. The second kappa shape index (κ2) is 4.20. The molecular formula is C9H7BrClFO. The summed E-state index contributed by atoms with van der Waals surface area (Å²) in [6.45, 7) is 1.72. The highest BCUT2D eigenvalue weighted by Crippen LogP contribution is 2.20. The van der Waals surface area contributed by atoms with E-state index in [0.29, 0.717) is 11.1 Å². The maximum atomic E-state index is 13.0. The summed E-state index contributed by atoms with van der Waals surface area (Å²) in [5.74, 6) is -0.704. The molecule has 0 atom stereocenters. The molecule has 0 unspecified atom stereocenters. The molecule has 1 aromatic carbocycles. The normalized spacial score (nSPS) is 10.2. The molecule has 0 aliphatic rings. The van der Waals surface area contributed by atoms with Crippen LogP contribution in [0.15, 0.2) is 12.1 Å². The Balaban J connectivity index is 3.23. The lowest BCUT2D eigenvalue weighted by atomic mass is 10.1. The summed E-state index contributed by atoms with van der Waals surface area (Å²) in [5.41, 5.74) is 1.06. The zero-order chi connectivity index (χ0) is 10.0. The van der Waals surface area contributed by atoms with Gasteiger partial charge in [0.2, 0.25) is 0 Å². The summed E-state index contributed by atoms with van der Waals surface area (Å²) < 4.78 is 13.0. The van der Waals surface area contributed by atoms with Crippen molar-refractivity contribution in [3.05, 3.63) is 34.1 Å². The molecule has 0 aliphatic carbocycles. The van der Waals surface area contributed by atoms with Crippen molar-refractivity contribution in [1.29, 1.82) is 0 Å². The van der Waals surface area contributed by atoms with Crippen LogP contribution < -0.4 is 0 Å². The van der Waals surface area contributed by atoms with Gasteiger partial charge in [0.05, 0.1) is 10.4 Å². The van der Waals surface area contributed by atoms with E-state index in [-0.39, 0.29) is 16.1 Å². The van der Waals surface area contributed by atoms with Crippen molar-refractivity contribution in [2.75, 3.05) is 5.33 Å². The molecule has 0 radical (unpaired) electrons. The number of benzene rings is 1. The first kappa shape index (κ1) is 10.7. The van der Waals surface area contributed by atoms with Crippen LogP contribution >= 0.6 is 27.5 Å². The number of hydrogen-bond donors (Lipinski definition) is 0. The summed E-state index contributed by atoms with van der Waals surface area (Å²) in [4.78, 5) is 11.2. The maximum Gasteiger partial charge on any atom is 0.173 e. The van der Waals surface area contributed by atoms with Gasteiger partial charge in [-0.3, -0.25) is 4.79 Å². The molecule has 0 saturated carbocycles. The third-order valence-corrected chi connectivity index (χ3v) is 2.49. The largest absolute Gasteiger partial charge is 0.293 e. The van der Waals surface area contributed by atoms with Crippen LogP contribution in [0.2, 0.25) is 5.02 Å². The van der Waals surface area contributed by atoms with Crippen LogP contribution in [0, 0.1) is 12.7 Å². The van der Waals surface area contributed by atoms with Gasteiger partial charge in [-0.1, -0.05) is 27.5 Å². The van der Waals surface area contributed by atoms with E-state index in [0.717, 1.165) is 0 Å². The summed E-state index contributed by atoms with van der Waals surface area (Å²) in [6.07, 6.45) is 0. The molecule has 0 fully saturated rings. The van der Waals surface area contributed by atoms with Crippen LogP contribution in [0.4, 0.5) is 4.39 Å². The van der Waals surface area contributed by atoms with Crippen molar-refractivity contribution >= 4 is 33.3 Å². The molecule has 4 heteroatoms. The molecule has 0 spiro atoms. The number of rotatable bonds is 2. The van der Waals surface area contributed by atoms with Gasteiger partial charge in [0.1, 0.15) is 5.82 Å². The van der Waals surface area contributed by atoms with Crippen molar-refractivity contribution in [2.24, 2.45) is 0 Å². The van der Waals surface area contributed by atoms with Gasteiger partial charge < -0.3 is 0 Å². The Kier molecular flexibility index (Phi) is 3.45. The zero-order valence-corrected chi connectivity index (χ0v) is 9.25. The summed E-state index contributed by atoms with van der Waals surface area (Å²) in [5, 5.41) is 0.234. The Morgan fingerprint density at radius 3 is 2.77 bits per heavy atom. The number of carbonyl (C=O) groups is 1. The van der Waals surface area contributed by atoms with Gasteiger partial charge >= 0.3 is 0 Å². The third-order valence-electron chi connectivity index (χ3n) is 1.69. The summed E-state index contributed by atoms with van der Waals surface area (Å²) >= 11 is 8.56. The highest BCUT2D eigenvalue weighted by molar-refractivity contribution is 9.09. The lowest BCUT2D eigenvalue weighted by molar-refractivity contribution is 0.102. The smallest absolute Gasteiger partial charge is 0.173 e. The van der Waals surface area contributed by atoms with Crippen LogP contribution in [0.5, 0.6) is 0 Å². The summed E-state index contributed by atoms with van der Waals surface area (Å²) in [6, 6.07) is 2.62. The van der Waals surface area contributed by atoms with E-state index in [2.05, 4.69) is 15.9 Å². The van der Waals surface area contributed by atoms with Crippen LogP contribution in [-0.2, 0) is 0 Å². The topological polar surface area (TPSA) is 17.1 Å². The third kappa shape index (κ3) is 2.29. The average molecular weight is 266 g/mol. The van der Waals surface area contributed by atoms with Crippen LogP contribution in [0.1, 0.15) is 15.9 Å². The minimum Gasteiger partial charge on any atom is -0.293 e. The summed E-state index contributed by atoms with van der Waals surface area (Å²) in [7, 11) is 0. The fourth-order valence-electron chi connectivity index (χ4n) is 1.02. The van der Waals surface area contributed by atoms with E-state index in [4.69, 9.17) is 11.6 Å². The van der Waals surface area contributed by atoms with Gasteiger partial charge in [0, 0.05) is 5.56 Å². The molecule has 0 aliphatic heterocycles. The van der Waals surface area contributed by atoms with E-state index < -0.39 is 5.82 Å². The fourth-order valence-corrected chi connectivity index (χ4v) is 1.54. The van der Waals surface area contributed by atoms with Crippen molar-refractivity contribution < 1.29 is 9.18 Å². The number of Topliss-reactive ketones (excluding diaryl/α,β-unsaturated/α-hetero) is 1. The van der Waals surface area contributed by atoms with E-state index in [1.807, 2.05) is 0 Å². The first-order valence-electron chi connectivity index (χ1n) is 3.61. The monoisotopic (exact) mass is 264 g/mol. The predicted molar refractivity (Wildman–Crippen MR) is 54.3 cm³/mol. The Morgan fingerprint density at radius 1 is 1.62 bits per heavy atom. The van der Waals surface area contributed by atoms with Crippen molar-refractivity contribution in [1.82, 2.24) is 0 Å². The number of alkyl halides is 1. The molecule has 1 rings (SSSR count). The Morgan fingerprint density at radius 2 is 2.23 bits per heavy atom. The number of halogens is 3. The Bertz CT molecular complexity index is 352. The SMILES string of the molecule is Cc1cc(Cl)c(F)cc1C(=O)CBr. The molecule has 0 aromatic heterocycles. The number of hydrogen-bond acceptors (Lipinski definition) is 1. The highest BCUT2D eigenvalue weighted by Gasteiger charge is 2.11.